The first-order chi connectivity index (χ1) is 32.8. The van der Waals surface area contributed by atoms with E-state index in [0.29, 0.717) is 95.4 Å². The first-order valence-electron chi connectivity index (χ1n) is 22.6. The van der Waals surface area contributed by atoms with Crippen molar-refractivity contribution in [1.82, 2.24) is 19.8 Å². The number of thioether (sulfide) groups is 1. The fraction of sp³-hybridized carbons (Fsp3) is 0.417. The van der Waals surface area contributed by atoms with Crippen LogP contribution in [0.15, 0.2) is 117 Å². The second-order valence-electron chi connectivity index (χ2n) is 17.8. The van der Waals surface area contributed by atoms with E-state index in [2.05, 4.69) is 32.3 Å². The van der Waals surface area contributed by atoms with Crippen LogP contribution in [0, 0.1) is 5.41 Å². The fourth-order valence-electron chi connectivity index (χ4n) is 8.83. The van der Waals surface area contributed by atoms with Crippen molar-refractivity contribution < 1.29 is 49.4 Å². The highest BCUT2D eigenvalue weighted by atomic mass is 35.5. The number of halogens is 4. The number of carbonyl (C=O) groups excluding carboxylic acids is 1. The van der Waals surface area contributed by atoms with Gasteiger partial charge in [-0.15, -0.1) is 11.8 Å². The molecule has 2 amide bonds. The van der Waals surface area contributed by atoms with E-state index in [1.54, 1.807) is 12.1 Å². The van der Waals surface area contributed by atoms with Crippen LogP contribution in [0.3, 0.4) is 0 Å². The number of alkyl halides is 3. The van der Waals surface area contributed by atoms with Gasteiger partial charge in [0.25, 0.3) is 25.8 Å². The highest BCUT2D eigenvalue weighted by molar-refractivity contribution is 7.99. The number of sulfonamides is 1. The number of sulfone groups is 1. The number of piperazine rings is 1. The van der Waals surface area contributed by atoms with Crippen molar-refractivity contribution >= 4 is 72.2 Å². The zero-order chi connectivity index (χ0) is 49.4. The average Bonchev–Trinajstić information content (AvgIpc) is 3.32. The fourth-order valence-corrected chi connectivity index (χ4v) is 12.0. The summed E-state index contributed by atoms with van der Waals surface area (Å²) in [5, 5.41) is 15.5. The van der Waals surface area contributed by atoms with Crippen molar-refractivity contribution in [1.29, 1.82) is 0 Å². The predicted molar refractivity (Wildman–Crippen MR) is 262 cm³/mol. The van der Waals surface area contributed by atoms with Gasteiger partial charge in [0.1, 0.15) is 4.90 Å². The van der Waals surface area contributed by atoms with Crippen LogP contribution >= 0.6 is 23.4 Å². The molecule has 2 atom stereocenters. The van der Waals surface area contributed by atoms with E-state index >= 15 is 0 Å². The molecule has 4 N–H and O–H groups in total. The molecule has 2 heterocycles. The Hall–Kier alpha value is -4.83. The largest absolute Gasteiger partial charge is 0.501 e. The molecular formula is C48H56ClF3N6O8S3. The van der Waals surface area contributed by atoms with Crippen molar-refractivity contribution in [3.05, 3.63) is 119 Å². The summed E-state index contributed by atoms with van der Waals surface area (Å²) in [7, 11) is -11.0. The maximum Gasteiger partial charge on any atom is 0.501 e. The van der Waals surface area contributed by atoms with Crippen LogP contribution in [-0.4, -0.2) is 133 Å². The minimum atomic E-state index is -6.08. The summed E-state index contributed by atoms with van der Waals surface area (Å²) in [6.45, 7) is 8.83. The third kappa shape index (κ3) is 13.7. The molecule has 4 aromatic rings. The number of nitrogens with zero attached hydrogens (tertiary/aromatic N) is 3. The molecule has 0 saturated carbocycles. The molecule has 7 rings (SSSR count). The van der Waals surface area contributed by atoms with Crippen LogP contribution in [0.1, 0.15) is 48.5 Å². The highest BCUT2D eigenvalue weighted by Crippen LogP contribution is 2.43. The number of amides is 2. The molecule has 14 nitrogen and oxygen atoms in total. The van der Waals surface area contributed by atoms with Gasteiger partial charge >= 0.3 is 11.6 Å². The lowest BCUT2D eigenvalue weighted by molar-refractivity contribution is -0.0436. The van der Waals surface area contributed by atoms with E-state index in [9.17, 15) is 44.7 Å². The predicted octanol–water partition coefficient (Wildman–Crippen LogP) is 8.08. The lowest BCUT2D eigenvalue weighted by atomic mass is 9.71. The first kappa shape index (κ1) is 52.0. The third-order valence-electron chi connectivity index (χ3n) is 12.7. The first-order valence-corrected chi connectivity index (χ1v) is 26.9. The standard InChI is InChI=1S/C48H56ClF3N6O8S3/c1-47(33-53-46(60)61)19-17-42(34-7-11-37(49)12-8-34)36(30-47)31-57-21-23-58(24-22-57)39-13-9-35(10-14-39)45(59)55-69(64,65)41-15-16-43(44(29-41)68(62,63)48(50,51)52)54-38(18-20-56-25-27-66-28-26-56)32-67-40-5-3-2-4-6-40/h2-16,29,38,53-54H,17-28,30-33H2,1H3,(H,55,59)(H,60,61). The van der Waals surface area contributed by atoms with Crippen LogP contribution < -0.4 is 20.3 Å². The molecule has 0 aromatic heterocycles. The van der Waals surface area contributed by atoms with Crippen LogP contribution in [0.25, 0.3) is 5.57 Å². The van der Waals surface area contributed by atoms with E-state index in [-0.39, 0.29) is 11.0 Å². The van der Waals surface area contributed by atoms with E-state index in [1.165, 1.54) is 35.0 Å². The van der Waals surface area contributed by atoms with Crippen LogP contribution in [0.2, 0.25) is 5.02 Å². The second-order valence-corrected chi connectivity index (χ2v) is 22.9. The van der Waals surface area contributed by atoms with Crippen molar-refractivity contribution in [2.75, 3.05) is 88.1 Å². The normalized spacial score (nSPS) is 19.2. The van der Waals surface area contributed by atoms with E-state index in [1.807, 2.05) is 59.3 Å². The number of ether oxygens (including phenoxy) is 1. The Morgan fingerprint density at radius 2 is 1.57 bits per heavy atom. The molecule has 2 saturated heterocycles. The SMILES string of the molecule is CC1(CNC(=O)O)CCC(c2ccc(Cl)cc2)=C(CN2CCN(c3ccc(C(=O)NS(=O)(=O)c4ccc(NC(CCN5CCOCC5)CSc5ccccc5)c(S(=O)(=O)C(F)(F)F)c4)cc3)CC2)C1. The number of anilines is 2. The maximum absolute atomic E-state index is 14.2. The monoisotopic (exact) mass is 1030 g/mol. The van der Waals surface area contributed by atoms with Gasteiger partial charge in [-0.1, -0.05) is 54.4 Å². The number of hydrogen-bond acceptors (Lipinski definition) is 12. The number of hydrogen-bond donors (Lipinski definition) is 4. The number of benzene rings is 4. The summed E-state index contributed by atoms with van der Waals surface area (Å²) in [5.74, 6) is -0.704. The Labute approximate surface area is 410 Å². The van der Waals surface area contributed by atoms with Gasteiger partial charge in [0.2, 0.25) is 0 Å². The number of carboxylic acid groups (broad SMARTS) is 1. The number of carbonyl (C=O) groups is 2. The van der Waals surface area contributed by atoms with Crippen molar-refractivity contribution in [3.8, 4) is 0 Å². The topological polar surface area (TPSA) is 178 Å². The smallest absolute Gasteiger partial charge is 0.465 e. The van der Waals surface area contributed by atoms with Crippen LogP contribution in [0.4, 0.5) is 29.3 Å². The number of morpholine rings is 1. The van der Waals surface area contributed by atoms with Crippen molar-refractivity contribution in [3.63, 3.8) is 0 Å². The minimum Gasteiger partial charge on any atom is -0.465 e. The zero-order valence-electron chi connectivity index (χ0n) is 38.0. The molecular weight excluding hydrogens is 977 g/mol. The molecule has 0 bridgehead atoms. The molecule has 0 radical (unpaired) electrons. The Morgan fingerprint density at radius 3 is 2.22 bits per heavy atom. The summed E-state index contributed by atoms with van der Waals surface area (Å²) in [5.41, 5.74) is -2.09. The molecule has 69 heavy (non-hydrogen) atoms. The summed E-state index contributed by atoms with van der Waals surface area (Å²) >= 11 is 7.63. The number of allylic oxidation sites excluding steroid dienone is 1. The van der Waals surface area contributed by atoms with Crippen LogP contribution in [0.5, 0.6) is 0 Å². The molecule has 21 heteroatoms. The maximum atomic E-state index is 14.2. The Balaban J connectivity index is 1.01. The second kappa shape index (κ2) is 22.5. The Bertz CT molecular complexity index is 2690. The Morgan fingerprint density at radius 1 is 0.884 bits per heavy atom. The third-order valence-corrected chi connectivity index (χ3v) is 17.0. The van der Waals surface area contributed by atoms with Gasteiger partial charge < -0.3 is 25.4 Å². The lowest BCUT2D eigenvalue weighted by Gasteiger charge is -2.40. The molecule has 0 spiro atoms. The van der Waals surface area contributed by atoms with Gasteiger partial charge in [0.05, 0.1) is 23.8 Å². The van der Waals surface area contributed by atoms with Gasteiger partial charge in [-0.2, -0.15) is 13.2 Å². The molecule has 1 aliphatic carbocycles. The summed E-state index contributed by atoms with van der Waals surface area (Å²) in [4.78, 5) is 30.2. The van der Waals surface area contributed by atoms with Crippen molar-refractivity contribution in [2.24, 2.45) is 5.41 Å². The van der Waals surface area contributed by atoms with Gasteiger partial charge in [-0.25, -0.2) is 26.4 Å². The molecule has 372 valence electrons. The van der Waals surface area contributed by atoms with Crippen LogP contribution in [-0.2, 0) is 24.6 Å². The molecule has 2 unspecified atom stereocenters. The average molecular weight is 1030 g/mol. The molecule has 2 aliphatic heterocycles. The summed E-state index contributed by atoms with van der Waals surface area (Å²) < 4.78 is 103. The Kier molecular flexibility index (Phi) is 17.0. The number of rotatable bonds is 18. The van der Waals surface area contributed by atoms with E-state index < -0.39 is 58.9 Å². The quantitative estimate of drug-likeness (QED) is 0.0705. The molecule has 3 aliphatic rings. The lowest BCUT2D eigenvalue weighted by Crippen LogP contribution is -2.47. The summed E-state index contributed by atoms with van der Waals surface area (Å²) in [6, 6.07) is 25.2. The van der Waals surface area contributed by atoms with Gasteiger partial charge in [-0.3, -0.25) is 14.6 Å². The van der Waals surface area contributed by atoms with Crippen molar-refractivity contribution in [2.45, 2.75) is 58.8 Å². The van der Waals surface area contributed by atoms with Gasteiger partial charge in [-0.05, 0) is 109 Å². The van der Waals surface area contributed by atoms with E-state index in [0.717, 1.165) is 47.5 Å². The molecule has 2 fully saturated rings. The molecule has 4 aromatic carbocycles. The zero-order valence-corrected chi connectivity index (χ0v) is 41.2. The summed E-state index contributed by atoms with van der Waals surface area (Å²) in [6.07, 6.45) is 1.73. The minimum absolute atomic E-state index is 0.0409. The van der Waals surface area contributed by atoms with Gasteiger partial charge in [0.15, 0.2) is 0 Å². The van der Waals surface area contributed by atoms with Gasteiger partial charge in [0, 0.05) is 91.9 Å². The highest BCUT2D eigenvalue weighted by Gasteiger charge is 2.48. The van der Waals surface area contributed by atoms with E-state index in [4.69, 9.17) is 16.3 Å². The number of nitrogens with one attached hydrogen (secondary N) is 3.